The minimum atomic E-state index is -0.195. The van der Waals surface area contributed by atoms with E-state index in [2.05, 4.69) is 19.2 Å². The lowest BCUT2D eigenvalue weighted by atomic mass is 9.98. The Morgan fingerprint density at radius 1 is 1.30 bits per heavy atom. The minimum absolute atomic E-state index is 0.194. The molecule has 3 rings (SSSR count). The number of nitrogens with zero attached hydrogens (tertiary/aromatic N) is 1. The van der Waals surface area contributed by atoms with Crippen LogP contribution in [0.3, 0.4) is 0 Å². The summed E-state index contributed by atoms with van der Waals surface area (Å²) in [5, 5.41) is 3.55. The summed E-state index contributed by atoms with van der Waals surface area (Å²) >= 11 is 0. The van der Waals surface area contributed by atoms with E-state index in [0.29, 0.717) is 24.5 Å². The zero-order chi connectivity index (χ0) is 14.2. The highest BCUT2D eigenvalue weighted by Gasteiger charge is 2.59. The molecule has 1 unspecified atom stereocenters. The smallest absolute Gasteiger partial charge is 0.244 e. The van der Waals surface area contributed by atoms with Crippen molar-refractivity contribution in [1.82, 2.24) is 10.2 Å². The molecular formula is C16H28N2O2. The largest absolute Gasteiger partial charge is 0.376 e. The normalized spacial score (nSPS) is 29.6. The van der Waals surface area contributed by atoms with Gasteiger partial charge in [-0.1, -0.05) is 33.1 Å². The van der Waals surface area contributed by atoms with E-state index in [1.807, 2.05) is 4.90 Å². The van der Waals surface area contributed by atoms with Crippen LogP contribution in [0.5, 0.6) is 0 Å². The van der Waals surface area contributed by atoms with Crippen LogP contribution in [0.4, 0.5) is 0 Å². The van der Waals surface area contributed by atoms with Crippen molar-refractivity contribution in [3.63, 3.8) is 0 Å². The van der Waals surface area contributed by atoms with E-state index in [1.165, 1.54) is 32.1 Å². The van der Waals surface area contributed by atoms with Crippen LogP contribution in [0.15, 0.2) is 0 Å². The first kappa shape index (κ1) is 14.3. The number of carbonyl (C=O) groups excluding carboxylic acids is 1. The number of hydrogen-bond donors (Lipinski definition) is 1. The fourth-order valence-corrected chi connectivity index (χ4v) is 3.62. The van der Waals surface area contributed by atoms with Gasteiger partial charge >= 0.3 is 0 Å². The molecular weight excluding hydrogens is 252 g/mol. The first-order valence-corrected chi connectivity index (χ1v) is 8.33. The molecule has 0 aromatic carbocycles. The Bertz CT molecular complexity index is 359. The van der Waals surface area contributed by atoms with Gasteiger partial charge in [0.05, 0.1) is 24.4 Å². The molecule has 4 nitrogen and oxygen atoms in total. The molecule has 2 saturated carbocycles. The van der Waals surface area contributed by atoms with Gasteiger partial charge < -0.3 is 9.64 Å². The number of carbonyl (C=O) groups is 1. The quantitative estimate of drug-likeness (QED) is 0.840. The Morgan fingerprint density at radius 3 is 2.60 bits per heavy atom. The van der Waals surface area contributed by atoms with Crippen LogP contribution >= 0.6 is 0 Å². The number of ether oxygens (including phenoxy) is 1. The van der Waals surface area contributed by atoms with Gasteiger partial charge in [-0.2, -0.15) is 0 Å². The van der Waals surface area contributed by atoms with Gasteiger partial charge in [-0.25, -0.2) is 0 Å². The first-order valence-electron chi connectivity index (χ1n) is 8.33. The molecule has 1 heterocycles. The Kier molecular flexibility index (Phi) is 4.04. The second-order valence-electron chi connectivity index (χ2n) is 7.04. The van der Waals surface area contributed by atoms with Crippen molar-refractivity contribution in [2.75, 3.05) is 13.2 Å². The Morgan fingerprint density at radius 2 is 2.00 bits per heavy atom. The molecule has 0 radical (unpaired) electrons. The summed E-state index contributed by atoms with van der Waals surface area (Å²) < 4.78 is 5.99. The molecule has 0 bridgehead atoms. The summed E-state index contributed by atoms with van der Waals surface area (Å²) in [5.74, 6) is 0.761. The molecule has 1 atom stereocenters. The summed E-state index contributed by atoms with van der Waals surface area (Å²) in [6.45, 7) is 5.80. The van der Waals surface area contributed by atoms with Crippen LogP contribution in [0, 0.1) is 5.92 Å². The molecule has 3 fully saturated rings. The zero-order valence-corrected chi connectivity index (χ0v) is 12.9. The highest BCUT2D eigenvalue weighted by molar-refractivity contribution is 5.91. The standard InChI is InChI=1S/C16H28N2O2/c1-12(2)14-17-16(8-9-16)15(19)18(14)10-11-20-13-6-4-3-5-7-13/h12-14,17H,3-11H2,1-2H3. The average Bonchev–Trinajstić information content (AvgIpc) is 3.17. The number of amides is 1. The zero-order valence-electron chi connectivity index (χ0n) is 12.9. The Hall–Kier alpha value is -0.610. The van der Waals surface area contributed by atoms with Gasteiger partial charge in [-0.15, -0.1) is 0 Å². The van der Waals surface area contributed by atoms with Gasteiger partial charge in [0.1, 0.15) is 0 Å². The van der Waals surface area contributed by atoms with E-state index < -0.39 is 0 Å². The molecule has 1 aliphatic heterocycles. The predicted molar refractivity (Wildman–Crippen MR) is 78.3 cm³/mol. The molecule has 0 aromatic heterocycles. The van der Waals surface area contributed by atoms with Crippen LogP contribution in [0.25, 0.3) is 0 Å². The van der Waals surface area contributed by atoms with Gasteiger partial charge in [0.15, 0.2) is 0 Å². The van der Waals surface area contributed by atoms with Gasteiger partial charge in [-0.05, 0) is 31.6 Å². The van der Waals surface area contributed by atoms with E-state index in [4.69, 9.17) is 4.74 Å². The third-order valence-corrected chi connectivity index (χ3v) is 5.05. The lowest BCUT2D eigenvalue weighted by Gasteiger charge is -2.28. The molecule has 1 amide bonds. The first-order chi connectivity index (χ1) is 9.62. The van der Waals surface area contributed by atoms with Crippen molar-refractivity contribution in [2.45, 2.75) is 76.6 Å². The third kappa shape index (κ3) is 2.73. The maximum atomic E-state index is 12.5. The van der Waals surface area contributed by atoms with Crippen molar-refractivity contribution in [2.24, 2.45) is 5.92 Å². The lowest BCUT2D eigenvalue weighted by molar-refractivity contribution is -0.132. The SMILES string of the molecule is CC(C)C1NC2(CC2)C(=O)N1CCOC1CCCCC1. The molecule has 4 heteroatoms. The van der Waals surface area contributed by atoms with E-state index >= 15 is 0 Å². The lowest BCUT2D eigenvalue weighted by Crippen LogP contribution is -2.43. The molecule has 0 aromatic rings. The van der Waals surface area contributed by atoms with Gasteiger partial charge in [0.25, 0.3) is 0 Å². The van der Waals surface area contributed by atoms with Crippen molar-refractivity contribution >= 4 is 5.91 Å². The fraction of sp³-hybridized carbons (Fsp3) is 0.938. The maximum absolute atomic E-state index is 12.5. The van der Waals surface area contributed by atoms with Crippen LogP contribution in [0.1, 0.15) is 58.8 Å². The average molecular weight is 280 g/mol. The highest BCUT2D eigenvalue weighted by atomic mass is 16.5. The van der Waals surface area contributed by atoms with E-state index in [1.54, 1.807) is 0 Å². The number of nitrogens with one attached hydrogen (secondary N) is 1. The van der Waals surface area contributed by atoms with Crippen molar-refractivity contribution in [3.05, 3.63) is 0 Å². The van der Waals surface area contributed by atoms with E-state index in [-0.39, 0.29) is 11.7 Å². The third-order valence-electron chi connectivity index (χ3n) is 5.05. The van der Waals surface area contributed by atoms with Gasteiger partial charge in [0.2, 0.25) is 5.91 Å². The molecule has 20 heavy (non-hydrogen) atoms. The molecule has 2 aliphatic carbocycles. The summed E-state index contributed by atoms with van der Waals surface area (Å²) in [6.07, 6.45) is 8.99. The topological polar surface area (TPSA) is 41.6 Å². The molecule has 1 N–H and O–H groups in total. The van der Waals surface area contributed by atoms with Gasteiger partial charge in [0, 0.05) is 6.54 Å². The van der Waals surface area contributed by atoms with Crippen LogP contribution < -0.4 is 5.32 Å². The molecule has 114 valence electrons. The summed E-state index contributed by atoms with van der Waals surface area (Å²) in [5.41, 5.74) is -0.195. The molecule has 1 saturated heterocycles. The van der Waals surface area contributed by atoms with Gasteiger partial charge in [-0.3, -0.25) is 10.1 Å². The van der Waals surface area contributed by atoms with Crippen molar-refractivity contribution in [3.8, 4) is 0 Å². The molecule has 3 aliphatic rings. The van der Waals surface area contributed by atoms with Crippen molar-refractivity contribution in [1.29, 1.82) is 0 Å². The minimum Gasteiger partial charge on any atom is -0.376 e. The summed E-state index contributed by atoms with van der Waals surface area (Å²) in [7, 11) is 0. The summed E-state index contributed by atoms with van der Waals surface area (Å²) in [6, 6.07) is 0. The van der Waals surface area contributed by atoms with Crippen LogP contribution in [0.2, 0.25) is 0 Å². The second kappa shape index (κ2) is 5.64. The number of rotatable bonds is 5. The molecule has 1 spiro atoms. The monoisotopic (exact) mass is 280 g/mol. The predicted octanol–water partition coefficient (Wildman–Crippen LogP) is 2.28. The Balaban J connectivity index is 1.51. The summed E-state index contributed by atoms with van der Waals surface area (Å²) in [4.78, 5) is 14.5. The van der Waals surface area contributed by atoms with Crippen LogP contribution in [-0.2, 0) is 9.53 Å². The van der Waals surface area contributed by atoms with E-state index in [0.717, 1.165) is 19.4 Å². The number of hydrogen-bond acceptors (Lipinski definition) is 3. The highest BCUT2D eigenvalue weighted by Crippen LogP contribution is 2.43. The fourth-order valence-electron chi connectivity index (χ4n) is 3.62. The van der Waals surface area contributed by atoms with Crippen molar-refractivity contribution < 1.29 is 9.53 Å². The maximum Gasteiger partial charge on any atom is 0.244 e. The second-order valence-corrected chi connectivity index (χ2v) is 7.04. The van der Waals surface area contributed by atoms with Crippen LogP contribution in [-0.4, -0.2) is 41.8 Å². The van der Waals surface area contributed by atoms with E-state index in [9.17, 15) is 4.79 Å². The Labute approximate surface area is 122 Å².